The minimum atomic E-state index is 0.482. The Morgan fingerprint density at radius 1 is 1.31 bits per heavy atom. The maximum atomic E-state index is 9.46. The van der Waals surface area contributed by atoms with Crippen molar-refractivity contribution in [1.29, 1.82) is 0 Å². The zero-order valence-corrected chi connectivity index (χ0v) is 8.55. The first-order valence-electron chi connectivity index (χ1n) is 5.17. The van der Waals surface area contributed by atoms with E-state index in [9.17, 15) is 4.79 Å². The van der Waals surface area contributed by atoms with Crippen molar-refractivity contribution in [3.05, 3.63) is 0 Å². The molecule has 1 aliphatic rings. The molecule has 1 N–H and O–H groups in total. The summed E-state index contributed by atoms with van der Waals surface area (Å²) in [5.41, 5.74) is 0. The normalized spacial score (nSPS) is 15.5. The third-order valence-corrected chi connectivity index (χ3v) is 1.89. The van der Waals surface area contributed by atoms with Crippen molar-refractivity contribution < 1.29 is 9.53 Å². The van der Waals surface area contributed by atoms with E-state index in [1.807, 2.05) is 6.92 Å². The quantitative estimate of drug-likeness (QED) is 0.538. The molecule has 13 heavy (non-hydrogen) atoms. The molecule has 1 aliphatic heterocycles. The van der Waals surface area contributed by atoms with Crippen molar-refractivity contribution in [3.8, 4) is 0 Å². The Balaban J connectivity index is 0.000000223. The summed E-state index contributed by atoms with van der Waals surface area (Å²) in [5, 5.41) is 3.28. The standard InChI is InChI=1S/C5H11N.C5H10O2/c1-2-4-6-5-3-1;1-2-3-4-7-5-6/h6H,1-5H2;5H,2-4H2,1H3. The Kier molecular flexibility index (Phi) is 10.9. The molecule has 0 aliphatic carbocycles. The van der Waals surface area contributed by atoms with Crippen LogP contribution in [-0.4, -0.2) is 26.2 Å². The molecule has 0 aromatic heterocycles. The lowest BCUT2D eigenvalue weighted by Gasteiger charge is -2.08. The molecule has 0 aromatic rings. The highest BCUT2D eigenvalue weighted by Gasteiger charge is 1.93. The lowest BCUT2D eigenvalue weighted by atomic mass is 10.2. The van der Waals surface area contributed by atoms with E-state index in [0.29, 0.717) is 13.1 Å². The molecule has 1 heterocycles. The Hall–Kier alpha value is -0.570. The van der Waals surface area contributed by atoms with Gasteiger partial charge in [-0.25, -0.2) is 0 Å². The fraction of sp³-hybridized carbons (Fsp3) is 0.900. The molecule has 3 nitrogen and oxygen atoms in total. The number of nitrogens with one attached hydrogen (secondary N) is 1. The predicted molar refractivity (Wildman–Crippen MR) is 53.6 cm³/mol. The fourth-order valence-corrected chi connectivity index (χ4v) is 1.08. The second kappa shape index (κ2) is 11.4. The van der Waals surface area contributed by atoms with Crippen LogP contribution in [0.5, 0.6) is 0 Å². The van der Waals surface area contributed by atoms with Gasteiger partial charge in [-0.3, -0.25) is 4.79 Å². The van der Waals surface area contributed by atoms with Crippen molar-refractivity contribution in [1.82, 2.24) is 5.32 Å². The molecule has 3 heteroatoms. The third-order valence-electron chi connectivity index (χ3n) is 1.89. The highest BCUT2D eigenvalue weighted by atomic mass is 16.5. The average Bonchev–Trinajstić information content (AvgIpc) is 2.22. The number of piperidine rings is 1. The minimum absolute atomic E-state index is 0.482. The fourth-order valence-electron chi connectivity index (χ4n) is 1.08. The van der Waals surface area contributed by atoms with E-state index in [0.717, 1.165) is 12.8 Å². The zero-order valence-electron chi connectivity index (χ0n) is 8.55. The maximum Gasteiger partial charge on any atom is 0.293 e. The highest BCUT2D eigenvalue weighted by molar-refractivity contribution is 5.36. The van der Waals surface area contributed by atoms with Crippen LogP contribution >= 0.6 is 0 Å². The number of ether oxygens (including phenoxy) is 1. The van der Waals surface area contributed by atoms with Gasteiger partial charge < -0.3 is 10.1 Å². The number of unbranched alkanes of at least 4 members (excludes halogenated alkanes) is 1. The SMILES string of the molecule is C1CCNCC1.CCCCOC=O. The Bertz CT molecular complexity index is 91.6. The summed E-state index contributed by atoms with van der Waals surface area (Å²) < 4.78 is 4.39. The van der Waals surface area contributed by atoms with Crippen LogP contribution in [0.15, 0.2) is 0 Å². The summed E-state index contributed by atoms with van der Waals surface area (Å²) in [6.07, 6.45) is 6.26. The van der Waals surface area contributed by atoms with E-state index in [2.05, 4.69) is 10.1 Å². The summed E-state index contributed by atoms with van der Waals surface area (Å²) in [6, 6.07) is 0. The van der Waals surface area contributed by atoms with Gasteiger partial charge in [-0.05, 0) is 32.4 Å². The van der Waals surface area contributed by atoms with Gasteiger partial charge in [0, 0.05) is 0 Å². The van der Waals surface area contributed by atoms with E-state index in [1.165, 1.54) is 32.4 Å². The van der Waals surface area contributed by atoms with Crippen LogP contribution in [0.3, 0.4) is 0 Å². The number of carbonyl (C=O) groups excluding carboxylic acids is 1. The lowest BCUT2D eigenvalue weighted by Crippen LogP contribution is -2.21. The molecular formula is C10H21NO2. The smallest absolute Gasteiger partial charge is 0.293 e. The van der Waals surface area contributed by atoms with Crippen molar-refractivity contribution in [3.63, 3.8) is 0 Å². The first kappa shape index (κ1) is 12.4. The van der Waals surface area contributed by atoms with Crippen molar-refractivity contribution in [2.24, 2.45) is 0 Å². The molecule has 1 fully saturated rings. The van der Waals surface area contributed by atoms with Gasteiger partial charge in [0.25, 0.3) is 6.47 Å². The summed E-state index contributed by atoms with van der Waals surface area (Å²) in [5.74, 6) is 0. The van der Waals surface area contributed by atoms with Gasteiger partial charge in [-0.15, -0.1) is 0 Å². The van der Waals surface area contributed by atoms with E-state index in [-0.39, 0.29) is 0 Å². The molecule has 0 spiro atoms. The summed E-state index contributed by atoms with van der Waals surface area (Å²) >= 11 is 0. The van der Waals surface area contributed by atoms with E-state index in [4.69, 9.17) is 0 Å². The Morgan fingerprint density at radius 2 is 2.00 bits per heavy atom. The molecule has 1 rings (SSSR count). The topological polar surface area (TPSA) is 38.3 Å². The maximum absolute atomic E-state index is 9.46. The number of hydrogen-bond donors (Lipinski definition) is 1. The van der Waals surface area contributed by atoms with E-state index < -0.39 is 0 Å². The van der Waals surface area contributed by atoms with Gasteiger partial charge in [0.1, 0.15) is 0 Å². The van der Waals surface area contributed by atoms with Crippen LogP contribution in [0.4, 0.5) is 0 Å². The van der Waals surface area contributed by atoms with Crippen LogP contribution < -0.4 is 5.32 Å². The molecule has 0 radical (unpaired) electrons. The van der Waals surface area contributed by atoms with Gasteiger partial charge >= 0.3 is 0 Å². The second-order valence-corrected chi connectivity index (χ2v) is 3.13. The largest absolute Gasteiger partial charge is 0.468 e. The van der Waals surface area contributed by atoms with Crippen LogP contribution in [0.2, 0.25) is 0 Å². The summed E-state index contributed by atoms with van der Waals surface area (Å²) in [6.45, 7) is 5.60. The first-order valence-corrected chi connectivity index (χ1v) is 5.17. The molecule has 0 saturated carbocycles. The highest BCUT2D eigenvalue weighted by Crippen LogP contribution is 1.96. The molecular weight excluding hydrogens is 166 g/mol. The number of carbonyl (C=O) groups is 1. The zero-order chi connectivity index (χ0) is 9.78. The number of rotatable bonds is 4. The molecule has 0 unspecified atom stereocenters. The third kappa shape index (κ3) is 11.4. The summed E-state index contributed by atoms with van der Waals surface area (Å²) in [7, 11) is 0. The summed E-state index contributed by atoms with van der Waals surface area (Å²) in [4.78, 5) is 9.46. The minimum Gasteiger partial charge on any atom is -0.468 e. The monoisotopic (exact) mass is 187 g/mol. The van der Waals surface area contributed by atoms with Gasteiger partial charge in [0.2, 0.25) is 0 Å². The lowest BCUT2D eigenvalue weighted by molar-refractivity contribution is -0.128. The van der Waals surface area contributed by atoms with Gasteiger partial charge in [-0.1, -0.05) is 19.8 Å². The van der Waals surface area contributed by atoms with Crippen molar-refractivity contribution in [2.75, 3.05) is 19.7 Å². The average molecular weight is 187 g/mol. The molecule has 0 aromatic carbocycles. The van der Waals surface area contributed by atoms with Gasteiger partial charge in [-0.2, -0.15) is 0 Å². The Morgan fingerprint density at radius 3 is 2.31 bits per heavy atom. The molecule has 0 amide bonds. The van der Waals surface area contributed by atoms with Crippen LogP contribution in [0.1, 0.15) is 39.0 Å². The van der Waals surface area contributed by atoms with Crippen molar-refractivity contribution >= 4 is 6.47 Å². The molecule has 1 saturated heterocycles. The molecule has 0 bridgehead atoms. The van der Waals surface area contributed by atoms with Crippen molar-refractivity contribution in [2.45, 2.75) is 39.0 Å². The van der Waals surface area contributed by atoms with E-state index in [1.54, 1.807) is 0 Å². The van der Waals surface area contributed by atoms with Gasteiger partial charge in [0.15, 0.2) is 0 Å². The van der Waals surface area contributed by atoms with Gasteiger partial charge in [0.05, 0.1) is 6.61 Å². The van der Waals surface area contributed by atoms with Crippen LogP contribution in [0, 0.1) is 0 Å². The van der Waals surface area contributed by atoms with E-state index >= 15 is 0 Å². The van der Waals surface area contributed by atoms with Crippen LogP contribution in [-0.2, 0) is 9.53 Å². The predicted octanol–water partition coefficient (Wildman–Crippen LogP) is 1.72. The second-order valence-electron chi connectivity index (χ2n) is 3.13. The number of hydrogen-bond acceptors (Lipinski definition) is 3. The Labute approximate surface area is 80.8 Å². The molecule has 0 atom stereocenters. The first-order chi connectivity index (χ1) is 6.41. The molecule has 78 valence electrons. The van der Waals surface area contributed by atoms with Crippen LogP contribution in [0.25, 0.3) is 0 Å².